The standard InChI is InChI=1S/C35H31ClF2N5O7P/c1-19(44)27-16-42(30-12-32(50-18-51(47,48)49)25(11-26(27)30)21-13-39-20(2)40-14-21)17-33(45)43-15-22(37)10-31(43)35(46)41-29-9-5-7-24(34(29)38)23-6-3-4-8-28(23)36/h3-9,11-14,16,22,31H,10,15,17-18H2,1-2H3,(H,41,46)(H2,47,48,49)/t22-,31+/m1/s1. The third-order valence-corrected chi connectivity index (χ3v) is 9.24. The fraction of sp³-hybridized carbons (Fsp3) is 0.229. The fourth-order valence-corrected chi connectivity index (χ4v) is 6.58. The number of aromatic nitrogens is 3. The fourth-order valence-electron chi connectivity index (χ4n) is 6.04. The van der Waals surface area contributed by atoms with E-state index in [4.69, 9.17) is 16.3 Å². The van der Waals surface area contributed by atoms with Crippen molar-refractivity contribution in [2.45, 2.75) is 39.0 Å². The van der Waals surface area contributed by atoms with E-state index in [1.165, 1.54) is 54.3 Å². The summed E-state index contributed by atoms with van der Waals surface area (Å²) in [6.07, 6.45) is 1.60. The van der Waals surface area contributed by atoms with Crippen LogP contribution in [0.2, 0.25) is 5.02 Å². The molecule has 16 heteroatoms. The Morgan fingerprint density at radius 2 is 1.76 bits per heavy atom. The molecule has 1 aliphatic rings. The lowest BCUT2D eigenvalue weighted by Crippen LogP contribution is -2.44. The number of ether oxygens (including phenoxy) is 1. The molecule has 2 atom stereocenters. The predicted octanol–water partition coefficient (Wildman–Crippen LogP) is 6.16. The highest BCUT2D eigenvalue weighted by Gasteiger charge is 2.40. The van der Waals surface area contributed by atoms with Gasteiger partial charge in [-0.3, -0.25) is 18.9 Å². The molecule has 264 valence electrons. The van der Waals surface area contributed by atoms with Crippen molar-refractivity contribution < 1.29 is 42.3 Å². The molecular weight excluding hydrogens is 707 g/mol. The lowest BCUT2D eigenvalue weighted by molar-refractivity contribution is -0.137. The number of ketones is 1. The van der Waals surface area contributed by atoms with Crippen LogP contribution in [0.1, 0.15) is 29.5 Å². The van der Waals surface area contributed by atoms with Gasteiger partial charge in [-0.15, -0.1) is 0 Å². The number of Topliss-reactive ketones (excluding diaryl/α,β-unsaturated/α-hetero) is 1. The number of amides is 2. The maximum Gasteiger partial charge on any atom is 0.362 e. The molecule has 3 aromatic carbocycles. The SMILES string of the molecule is CC(=O)c1cn(CC(=O)N2C[C@H](F)C[C@H]2C(=O)Nc2cccc(-c3ccccc3Cl)c2F)c2cc(OCP(=O)(O)O)c(-c3cnc(C)nc3)cc12. The zero-order chi connectivity index (χ0) is 36.6. The number of carbonyl (C=O) groups is 3. The third-order valence-electron chi connectivity index (χ3n) is 8.44. The lowest BCUT2D eigenvalue weighted by atomic mass is 10.0. The van der Waals surface area contributed by atoms with Gasteiger partial charge < -0.3 is 29.3 Å². The first-order valence-corrected chi connectivity index (χ1v) is 17.8. The number of carbonyl (C=O) groups excluding carboxylic acids is 3. The molecule has 0 bridgehead atoms. The Labute approximate surface area is 295 Å². The number of halogens is 3. The Morgan fingerprint density at radius 1 is 1.06 bits per heavy atom. The van der Waals surface area contributed by atoms with Crippen molar-refractivity contribution in [1.29, 1.82) is 0 Å². The average Bonchev–Trinajstić information content (AvgIpc) is 3.65. The molecule has 12 nitrogen and oxygen atoms in total. The smallest absolute Gasteiger partial charge is 0.362 e. The Balaban J connectivity index is 1.31. The molecule has 1 aliphatic heterocycles. The highest BCUT2D eigenvalue weighted by Crippen LogP contribution is 2.40. The van der Waals surface area contributed by atoms with Crippen LogP contribution in [0.15, 0.2) is 73.2 Å². The number of hydrogen-bond donors (Lipinski definition) is 3. The zero-order valence-electron chi connectivity index (χ0n) is 27.2. The van der Waals surface area contributed by atoms with Crippen molar-refractivity contribution in [2.75, 3.05) is 18.2 Å². The van der Waals surface area contributed by atoms with Gasteiger partial charge in [0, 0.05) is 69.3 Å². The number of hydrogen-bond acceptors (Lipinski definition) is 7. The molecular formula is C35H31ClF2N5O7P. The van der Waals surface area contributed by atoms with Gasteiger partial charge in [0.25, 0.3) is 0 Å². The first-order chi connectivity index (χ1) is 24.2. The first kappa shape index (κ1) is 35.8. The summed E-state index contributed by atoms with van der Waals surface area (Å²) in [5.74, 6) is -2.06. The summed E-state index contributed by atoms with van der Waals surface area (Å²) in [4.78, 5) is 68.5. The van der Waals surface area contributed by atoms with Crippen LogP contribution in [0.4, 0.5) is 14.5 Å². The summed E-state index contributed by atoms with van der Waals surface area (Å²) < 4.78 is 49.1. The summed E-state index contributed by atoms with van der Waals surface area (Å²) in [6, 6.07) is 12.7. The topological polar surface area (TPSA) is 164 Å². The van der Waals surface area contributed by atoms with Crippen molar-refractivity contribution in [2.24, 2.45) is 0 Å². The number of rotatable bonds is 10. The Bertz CT molecular complexity index is 2230. The molecule has 0 spiro atoms. The van der Waals surface area contributed by atoms with E-state index in [0.29, 0.717) is 38.4 Å². The summed E-state index contributed by atoms with van der Waals surface area (Å²) in [6.45, 7) is 2.18. The van der Waals surface area contributed by atoms with E-state index in [2.05, 4.69) is 15.3 Å². The number of benzene rings is 3. The van der Waals surface area contributed by atoms with Crippen molar-refractivity contribution in [3.8, 4) is 28.0 Å². The minimum atomic E-state index is -4.62. The summed E-state index contributed by atoms with van der Waals surface area (Å²) >= 11 is 6.26. The van der Waals surface area contributed by atoms with E-state index in [1.807, 2.05) is 0 Å². The van der Waals surface area contributed by atoms with Gasteiger partial charge in [-0.05, 0) is 32.0 Å². The molecule has 2 aromatic heterocycles. The van der Waals surface area contributed by atoms with Gasteiger partial charge in [0.15, 0.2) is 17.9 Å². The van der Waals surface area contributed by atoms with E-state index in [0.717, 1.165) is 4.90 Å². The number of aryl methyl sites for hydroxylation is 1. The van der Waals surface area contributed by atoms with Crippen LogP contribution in [-0.2, 0) is 20.7 Å². The van der Waals surface area contributed by atoms with Crippen LogP contribution < -0.4 is 10.1 Å². The van der Waals surface area contributed by atoms with Crippen molar-refractivity contribution >= 4 is 53.4 Å². The first-order valence-electron chi connectivity index (χ1n) is 15.6. The average molecular weight is 738 g/mol. The van der Waals surface area contributed by atoms with Crippen LogP contribution in [0.5, 0.6) is 5.75 Å². The molecule has 0 aliphatic carbocycles. The highest BCUT2D eigenvalue weighted by atomic mass is 35.5. The lowest BCUT2D eigenvalue weighted by Gasteiger charge is -2.24. The molecule has 0 saturated carbocycles. The van der Waals surface area contributed by atoms with Gasteiger partial charge in [0.1, 0.15) is 30.3 Å². The highest BCUT2D eigenvalue weighted by molar-refractivity contribution is 7.51. The van der Waals surface area contributed by atoms with E-state index in [-0.39, 0.29) is 34.8 Å². The van der Waals surface area contributed by atoms with Crippen molar-refractivity contribution in [3.05, 3.63) is 95.4 Å². The number of fused-ring (bicyclic) bond motifs is 1. The second-order valence-electron chi connectivity index (χ2n) is 12.1. The van der Waals surface area contributed by atoms with Gasteiger partial charge in [0.05, 0.1) is 17.7 Å². The maximum atomic E-state index is 15.6. The monoisotopic (exact) mass is 737 g/mol. The van der Waals surface area contributed by atoms with E-state index in [9.17, 15) is 33.1 Å². The molecule has 0 unspecified atom stereocenters. The number of nitrogens with zero attached hydrogens (tertiary/aromatic N) is 4. The molecule has 51 heavy (non-hydrogen) atoms. The Kier molecular flexibility index (Phi) is 10.0. The summed E-state index contributed by atoms with van der Waals surface area (Å²) in [5, 5.41) is 3.19. The van der Waals surface area contributed by atoms with Gasteiger partial charge in [-0.25, -0.2) is 18.7 Å². The zero-order valence-corrected chi connectivity index (χ0v) is 28.9. The van der Waals surface area contributed by atoms with E-state index in [1.54, 1.807) is 37.3 Å². The van der Waals surface area contributed by atoms with Gasteiger partial charge in [-0.1, -0.05) is 41.9 Å². The predicted molar refractivity (Wildman–Crippen MR) is 186 cm³/mol. The normalized spacial score (nSPS) is 16.0. The number of likely N-dealkylation sites (tertiary alicyclic amines) is 1. The minimum Gasteiger partial charge on any atom is -0.480 e. The van der Waals surface area contributed by atoms with Gasteiger partial charge >= 0.3 is 7.60 Å². The molecule has 6 rings (SSSR count). The number of nitrogens with one attached hydrogen (secondary N) is 1. The number of alkyl halides is 1. The largest absolute Gasteiger partial charge is 0.480 e. The Morgan fingerprint density at radius 3 is 2.45 bits per heavy atom. The van der Waals surface area contributed by atoms with Crippen LogP contribution >= 0.6 is 19.2 Å². The van der Waals surface area contributed by atoms with E-state index >= 15 is 4.39 Å². The molecule has 5 aromatic rings. The van der Waals surface area contributed by atoms with Crippen molar-refractivity contribution in [3.63, 3.8) is 0 Å². The second kappa shape index (κ2) is 14.3. The Hall–Kier alpha value is -5.01. The van der Waals surface area contributed by atoms with Gasteiger partial charge in [-0.2, -0.15) is 0 Å². The molecule has 1 saturated heterocycles. The molecule has 2 amide bonds. The quantitative estimate of drug-likeness (QED) is 0.113. The number of anilines is 1. The minimum absolute atomic E-state index is 0.0171. The van der Waals surface area contributed by atoms with Crippen LogP contribution in [0.25, 0.3) is 33.2 Å². The van der Waals surface area contributed by atoms with Crippen LogP contribution in [0, 0.1) is 12.7 Å². The molecule has 1 fully saturated rings. The second-order valence-corrected chi connectivity index (χ2v) is 14.1. The van der Waals surface area contributed by atoms with Gasteiger partial charge in [0.2, 0.25) is 11.8 Å². The third kappa shape index (κ3) is 7.69. The van der Waals surface area contributed by atoms with E-state index < -0.39 is 56.9 Å². The summed E-state index contributed by atoms with van der Waals surface area (Å²) in [5.41, 5.74) is 1.67. The molecule has 0 radical (unpaired) electrons. The van der Waals surface area contributed by atoms with Crippen molar-refractivity contribution in [1.82, 2.24) is 19.4 Å². The van der Waals surface area contributed by atoms with Crippen LogP contribution in [-0.4, -0.2) is 71.9 Å². The maximum absolute atomic E-state index is 15.6. The van der Waals surface area contributed by atoms with Crippen LogP contribution in [0.3, 0.4) is 0 Å². The molecule has 3 N–H and O–H groups in total. The molecule has 3 heterocycles. The summed E-state index contributed by atoms with van der Waals surface area (Å²) in [7, 11) is -4.62.